The summed E-state index contributed by atoms with van der Waals surface area (Å²) in [5.41, 5.74) is -1.08. The van der Waals surface area contributed by atoms with Crippen molar-refractivity contribution in [1.29, 1.82) is 0 Å². The number of carboxylic acids is 1. The van der Waals surface area contributed by atoms with Gasteiger partial charge >= 0.3 is 49.8 Å². The van der Waals surface area contributed by atoms with Crippen LogP contribution in [0.5, 0.6) is 0 Å². The second-order valence-corrected chi connectivity index (χ2v) is 9.24. The normalized spacial score (nSPS) is 20.8. The first-order chi connectivity index (χ1) is 13.4. The van der Waals surface area contributed by atoms with Gasteiger partial charge in [0, 0.05) is 31.7 Å². The quantitative estimate of drug-likeness (QED) is 0.316. The molecule has 12 heteroatoms. The fourth-order valence-corrected chi connectivity index (χ4v) is 3.90. The molecule has 32 heavy (non-hydrogen) atoms. The third kappa shape index (κ3) is 6.54. The van der Waals surface area contributed by atoms with Crippen LogP contribution in [0.1, 0.15) is 46.2 Å². The van der Waals surface area contributed by atoms with Crippen molar-refractivity contribution in [3.8, 4) is 0 Å². The molecular formula is C20H26CaCl3N3O5. The van der Waals surface area contributed by atoms with Gasteiger partial charge in [-0.1, -0.05) is 11.6 Å². The molecule has 1 unspecified atom stereocenters. The number of nitrogens with zero attached hydrogens (tertiary/aromatic N) is 3. The summed E-state index contributed by atoms with van der Waals surface area (Å²) in [7, 11) is 0. The van der Waals surface area contributed by atoms with Gasteiger partial charge in [-0.25, -0.2) is 4.79 Å². The van der Waals surface area contributed by atoms with Crippen molar-refractivity contribution >= 4 is 73.0 Å². The van der Waals surface area contributed by atoms with E-state index in [4.69, 9.17) is 16.3 Å². The van der Waals surface area contributed by atoms with Crippen LogP contribution < -0.4 is 29.7 Å². The average molecular weight is 535 g/mol. The van der Waals surface area contributed by atoms with E-state index < -0.39 is 22.9 Å². The molecule has 0 saturated carbocycles. The number of hydrogen-bond donors (Lipinski definition) is 1. The van der Waals surface area contributed by atoms with Gasteiger partial charge in [-0.05, 0) is 46.6 Å². The summed E-state index contributed by atoms with van der Waals surface area (Å²) >= 11 is 6.10. The van der Waals surface area contributed by atoms with Crippen molar-refractivity contribution in [2.24, 2.45) is 5.41 Å². The van der Waals surface area contributed by atoms with Gasteiger partial charge in [0.25, 0.3) is 0 Å². The minimum Gasteiger partial charge on any atom is -1.00 e. The van der Waals surface area contributed by atoms with E-state index in [1.54, 1.807) is 11.0 Å². The number of fused-ring (bicyclic) bond motifs is 1. The molecule has 1 atom stereocenters. The molecule has 2 aliphatic rings. The zero-order chi connectivity index (χ0) is 21.6. The molecule has 0 bridgehead atoms. The molecule has 1 aromatic heterocycles. The molecule has 0 aliphatic carbocycles. The Morgan fingerprint density at radius 2 is 1.81 bits per heavy atom. The van der Waals surface area contributed by atoms with Crippen LogP contribution in [-0.4, -0.2) is 95.4 Å². The van der Waals surface area contributed by atoms with E-state index in [9.17, 15) is 19.5 Å². The number of pyridine rings is 1. The summed E-state index contributed by atoms with van der Waals surface area (Å²) in [6, 6.07) is 1.41. The van der Waals surface area contributed by atoms with Crippen LogP contribution in [0.4, 0.5) is 10.5 Å². The van der Waals surface area contributed by atoms with Crippen LogP contribution in [0.25, 0.3) is 0 Å². The van der Waals surface area contributed by atoms with Crippen LogP contribution in [0.2, 0.25) is 5.02 Å². The standard InChI is InChI=1S/C20H26ClN3O5.Ca.2ClH/c1-19(2,3)29-18(28)23-7-5-13(6-8-23)24-15-9-12(21)11-22-14(15)10-20(4,16(24)25)17(26)27;;;/h9,11,13H,5-8,10H2,1-4H3,(H,26,27);;2*1H/q;+2;;/p-2. The first-order valence-corrected chi connectivity index (χ1v) is 9.99. The monoisotopic (exact) mass is 533 g/mol. The van der Waals surface area contributed by atoms with Crippen LogP contribution in [0.15, 0.2) is 12.3 Å². The molecule has 8 nitrogen and oxygen atoms in total. The number of carbonyl (C=O) groups is 3. The van der Waals surface area contributed by atoms with Crippen LogP contribution in [0.3, 0.4) is 0 Å². The Morgan fingerprint density at radius 3 is 2.31 bits per heavy atom. The molecule has 1 N–H and O–H groups in total. The first kappa shape index (κ1) is 31.5. The summed E-state index contributed by atoms with van der Waals surface area (Å²) in [6.45, 7) is 7.69. The third-order valence-corrected chi connectivity index (χ3v) is 5.55. The zero-order valence-corrected chi connectivity index (χ0v) is 23.0. The van der Waals surface area contributed by atoms with Gasteiger partial charge in [-0.3, -0.25) is 14.6 Å². The van der Waals surface area contributed by atoms with Crippen molar-refractivity contribution in [2.75, 3.05) is 18.0 Å². The molecule has 1 fully saturated rings. The predicted molar refractivity (Wildman–Crippen MR) is 113 cm³/mol. The molecule has 0 aromatic carbocycles. The first-order valence-electron chi connectivity index (χ1n) is 9.62. The maximum Gasteiger partial charge on any atom is 2.00 e. The van der Waals surface area contributed by atoms with Gasteiger partial charge in [0.1, 0.15) is 11.0 Å². The molecule has 174 valence electrons. The Kier molecular flexibility index (Phi) is 11.6. The molecule has 1 saturated heterocycles. The Labute approximate surface area is 235 Å². The van der Waals surface area contributed by atoms with E-state index in [1.807, 2.05) is 20.8 Å². The van der Waals surface area contributed by atoms with E-state index in [-0.39, 0.29) is 81.1 Å². The minimum atomic E-state index is -1.59. The number of halogens is 3. The van der Waals surface area contributed by atoms with E-state index in [1.165, 1.54) is 18.0 Å². The van der Waals surface area contributed by atoms with Crippen LogP contribution in [-0.2, 0) is 20.7 Å². The maximum atomic E-state index is 13.2. The average Bonchev–Trinajstić information content (AvgIpc) is 2.62. The predicted octanol–water partition coefficient (Wildman–Crippen LogP) is -3.26. The summed E-state index contributed by atoms with van der Waals surface area (Å²) in [6.07, 6.45) is 2.10. The number of rotatable bonds is 2. The van der Waals surface area contributed by atoms with Gasteiger partial charge in [0.05, 0.1) is 16.4 Å². The molecule has 2 aliphatic heterocycles. The Balaban J connectivity index is 0.00000320. The zero-order valence-electron chi connectivity index (χ0n) is 18.5. The molecule has 0 spiro atoms. The second-order valence-electron chi connectivity index (χ2n) is 8.81. The number of aromatic nitrogens is 1. The van der Waals surface area contributed by atoms with Gasteiger partial charge < -0.3 is 44.5 Å². The van der Waals surface area contributed by atoms with Gasteiger partial charge in [0.2, 0.25) is 5.91 Å². The molecule has 2 amide bonds. The van der Waals surface area contributed by atoms with Crippen molar-refractivity contribution in [3.63, 3.8) is 0 Å². The summed E-state index contributed by atoms with van der Waals surface area (Å²) < 4.78 is 5.42. The fraction of sp³-hybridized carbons (Fsp3) is 0.600. The molecule has 1 aromatic rings. The van der Waals surface area contributed by atoms with Crippen LogP contribution >= 0.6 is 11.6 Å². The third-order valence-electron chi connectivity index (χ3n) is 5.34. The SMILES string of the molecule is CC(C)(C)OC(=O)N1CCC(N2C(=O)C(C)(C(=O)O)Cc3ncc(Cl)cc32)CC1.[Ca+2].[Cl-].[Cl-]. The topological polar surface area (TPSA) is 100 Å². The number of piperidine rings is 1. The fourth-order valence-electron chi connectivity index (χ4n) is 3.75. The van der Waals surface area contributed by atoms with Crippen molar-refractivity contribution in [1.82, 2.24) is 9.88 Å². The number of carboxylic acid groups (broad SMARTS) is 1. The number of anilines is 1. The molecule has 3 rings (SSSR count). The van der Waals surface area contributed by atoms with Gasteiger partial charge in [0.15, 0.2) is 0 Å². The largest absolute Gasteiger partial charge is 2.00 e. The molecule has 0 radical (unpaired) electrons. The summed E-state index contributed by atoms with van der Waals surface area (Å²) in [4.78, 5) is 44.9. The van der Waals surface area contributed by atoms with E-state index in [0.29, 0.717) is 42.3 Å². The van der Waals surface area contributed by atoms with Gasteiger partial charge in [-0.15, -0.1) is 0 Å². The molecule has 3 heterocycles. The van der Waals surface area contributed by atoms with Crippen molar-refractivity contribution < 1.29 is 49.0 Å². The van der Waals surface area contributed by atoms with Crippen molar-refractivity contribution in [3.05, 3.63) is 23.0 Å². The number of carbonyl (C=O) groups excluding carboxylic acids is 2. The number of amides is 2. The Hall–Kier alpha value is -0.510. The second kappa shape index (κ2) is 11.8. The summed E-state index contributed by atoms with van der Waals surface area (Å²) in [5, 5.41) is 10.1. The Morgan fingerprint density at radius 1 is 1.25 bits per heavy atom. The number of likely N-dealkylation sites (tertiary alicyclic amines) is 1. The van der Waals surface area contributed by atoms with E-state index >= 15 is 0 Å². The smallest absolute Gasteiger partial charge is 1.00 e. The van der Waals surface area contributed by atoms with E-state index in [2.05, 4.69) is 4.98 Å². The number of ether oxygens (including phenoxy) is 1. The number of aliphatic carboxylic acids is 1. The maximum absolute atomic E-state index is 13.2. The number of hydrogen-bond acceptors (Lipinski definition) is 5. The Bertz CT molecular complexity index is 859. The van der Waals surface area contributed by atoms with Crippen molar-refractivity contribution in [2.45, 2.75) is 58.6 Å². The van der Waals surface area contributed by atoms with Gasteiger partial charge in [-0.2, -0.15) is 0 Å². The van der Waals surface area contributed by atoms with E-state index in [0.717, 1.165) is 0 Å². The minimum absolute atomic E-state index is 0. The molecular weight excluding hydrogens is 509 g/mol. The summed E-state index contributed by atoms with van der Waals surface area (Å²) in [5.74, 6) is -1.65. The van der Waals surface area contributed by atoms with Crippen LogP contribution in [0, 0.1) is 5.41 Å².